The average Bonchev–Trinajstić information content (AvgIpc) is 2.71. The van der Waals surface area contributed by atoms with Gasteiger partial charge in [0.05, 0.1) is 5.92 Å². The Labute approximate surface area is 143 Å². The quantitative estimate of drug-likeness (QED) is 0.322. The lowest BCUT2D eigenvalue weighted by molar-refractivity contribution is -0.141. The second-order valence-corrected chi connectivity index (χ2v) is 7.46. The molecular weight excluding hydrogens is 314 g/mol. The molecule has 0 radical (unpaired) electrons. The maximum Gasteiger partial charge on any atom is 0.240 e. The minimum Gasteiger partial charge on any atom is -0.279 e. The molecule has 1 aliphatic heterocycles. The molecule has 0 spiro atoms. The summed E-state index contributed by atoms with van der Waals surface area (Å²) in [7, 11) is 0. The maximum atomic E-state index is 12.3. The number of carbonyl (C=O) groups excluding carboxylic acids is 3. The van der Waals surface area contributed by atoms with Crippen molar-refractivity contribution < 1.29 is 14.4 Å². The Morgan fingerprint density at radius 1 is 1.35 bits per heavy atom. The van der Waals surface area contributed by atoms with E-state index in [9.17, 15) is 14.4 Å². The van der Waals surface area contributed by atoms with Crippen molar-refractivity contribution in [2.24, 2.45) is 16.9 Å². The highest BCUT2D eigenvalue weighted by molar-refractivity contribution is 7.81. The predicted octanol–water partition coefficient (Wildman–Crippen LogP) is 2.00. The number of likely N-dealkylation sites (tertiary alicyclic amines) is 1. The number of hydrazone groups is 1. The van der Waals surface area contributed by atoms with Crippen LogP contribution >= 0.6 is 12.6 Å². The molecule has 1 N–H and O–H groups in total. The number of hydrogen-bond acceptors (Lipinski definition) is 5. The first-order valence-corrected chi connectivity index (χ1v) is 8.48. The molecule has 1 rings (SSSR count). The molecule has 1 fully saturated rings. The van der Waals surface area contributed by atoms with Crippen LogP contribution in [0.15, 0.2) is 5.10 Å². The van der Waals surface area contributed by atoms with Crippen LogP contribution in [-0.2, 0) is 14.4 Å². The summed E-state index contributed by atoms with van der Waals surface area (Å²) < 4.78 is 0. The maximum absolute atomic E-state index is 12.3. The van der Waals surface area contributed by atoms with Crippen LogP contribution in [-0.4, -0.2) is 39.6 Å². The molecule has 1 saturated heterocycles. The summed E-state index contributed by atoms with van der Waals surface area (Å²) >= 11 is 4.29. The Balaban J connectivity index is 2.57. The van der Waals surface area contributed by atoms with Crippen LogP contribution in [0.1, 0.15) is 53.9 Å². The lowest BCUT2D eigenvalue weighted by atomic mass is 9.98. The minimum atomic E-state index is -0.339. The van der Waals surface area contributed by atoms with Crippen molar-refractivity contribution in [3.05, 3.63) is 0 Å². The van der Waals surface area contributed by atoms with Crippen molar-refractivity contribution in [2.75, 3.05) is 0 Å². The Bertz CT molecular complexity index is 501. The van der Waals surface area contributed by atoms with Gasteiger partial charge in [0.1, 0.15) is 0 Å². The number of amides is 3. The molecule has 0 aromatic rings. The van der Waals surface area contributed by atoms with Gasteiger partial charge in [-0.15, -0.1) is 0 Å². The first-order valence-electron chi connectivity index (χ1n) is 7.97. The fourth-order valence-corrected chi connectivity index (χ4v) is 3.06. The number of thiol groups is 1. The summed E-state index contributed by atoms with van der Waals surface area (Å²) in [5.74, 6) is -0.741. The van der Waals surface area contributed by atoms with Crippen molar-refractivity contribution in [1.82, 2.24) is 10.3 Å². The summed E-state index contributed by atoms with van der Waals surface area (Å²) in [6, 6.07) is -0.216. The number of hydrogen-bond donors (Lipinski definition) is 2. The Morgan fingerprint density at radius 3 is 2.43 bits per heavy atom. The average molecular weight is 341 g/mol. The summed E-state index contributed by atoms with van der Waals surface area (Å²) in [6.07, 6.45) is 1.13. The largest absolute Gasteiger partial charge is 0.279 e. The van der Waals surface area contributed by atoms with Crippen molar-refractivity contribution in [2.45, 2.75) is 65.2 Å². The van der Waals surface area contributed by atoms with Crippen molar-refractivity contribution in [3.63, 3.8) is 0 Å². The van der Waals surface area contributed by atoms with Gasteiger partial charge >= 0.3 is 0 Å². The molecule has 4 atom stereocenters. The zero-order valence-corrected chi connectivity index (χ0v) is 15.4. The number of imide groups is 1. The van der Waals surface area contributed by atoms with Gasteiger partial charge in [0.25, 0.3) is 0 Å². The van der Waals surface area contributed by atoms with Gasteiger partial charge in [-0.25, -0.2) is 5.43 Å². The van der Waals surface area contributed by atoms with E-state index in [1.165, 1.54) is 4.90 Å². The van der Waals surface area contributed by atoms with Gasteiger partial charge in [0.15, 0.2) is 0 Å². The van der Waals surface area contributed by atoms with Crippen LogP contribution in [0, 0.1) is 11.8 Å². The van der Waals surface area contributed by atoms with E-state index in [4.69, 9.17) is 0 Å². The minimum absolute atomic E-state index is 0.0467. The Hall–Kier alpha value is -1.37. The number of carbonyl (C=O) groups is 3. The normalized spacial score (nSPS) is 21.8. The standard InChI is InChI=1S/C16H27N3O3S/c1-9(2)17-18-14(20)7-10(3)6-11(4)19-15(21)8-13(12(5)23)16(19)22/h10-13,23H,6-8H2,1-5H3,(H,18,20). The number of nitrogens with one attached hydrogen (secondary N) is 1. The molecule has 1 aliphatic rings. The molecular formula is C16H27N3O3S. The first kappa shape index (κ1) is 19.7. The van der Waals surface area contributed by atoms with Gasteiger partial charge in [0.2, 0.25) is 17.7 Å². The molecule has 0 saturated carbocycles. The van der Waals surface area contributed by atoms with Gasteiger partial charge < -0.3 is 0 Å². The molecule has 0 aromatic carbocycles. The first-order chi connectivity index (χ1) is 10.6. The van der Waals surface area contributed by atoms with Crippen LogP contribution < -0.4 is 5.43 Å². The third-order valence-corrected chi connectivity index (χ3v) is 4.28. The highest BCUT2D eigenvalue weighted by atomic mass is 32.1. The van der Waals surface area contributed by atoms with Crippen molar-refractivity contribution in [1.29, 1.82) is 0 Å². The number of rotatable bonds is 7. The summed E-state index contributed by atoms with van der Waals surface area (Å²) in [5.41, 5.74) is 3.26. The second-order valence-electron chi connectivity index (χ2n) is 6.64. The fraction of sp³-hybridized carbons (Fsp3) is 0.750. The zero-order valence-electron chi connectivity index (χ0n) is 14.5. The van der Waals surface area contributed by atoms with Gasteiger partial charge in [-0.1, -0.05) is 13.8 Å². The van der Waals surface area contributed by atoms with E-state index in [0.717, 1.165) is 5.71 Å². The number of nitrogens with zero attached hydrogens (tertiary/aromatic N) is 2. The molecule has 0 aliphatic carbocycles. The van der Waals surface area contributed by atoms with E-state index < -0.39 is 0 Å². The third kappa shape index (κ3) is 5.64. The molecule has 23 heavy (non-hydrogen) atoms. The Morgan fingerprint density at radius 2 is 1.96 bits per heavy atom. The van der Waals surface area contributed by atoms with Crippen LogP contribution in [0.5, 0.6) is 0 Å². The highest BCUT2D eigenvalue weighted by Gasteiger charge is 2.42. The van der Waals surface area contributed by atoms with Crippen molar-refractivity contribution >= 4 is 36.1 Å². The zero-order chi connectivity index (χ0) is 17.7. The van der Waals surface area contributed by atoms with Gasteiger partial charge in [0, 0.05) is 29.8 Å². The summed E-state index contributed by atoms with van der Waals surface area (Å²) in [6.45, 7) is 9.22. The molecule has 6 nitrogen and oxygen atoms in total. The van der Waals surface area contributed by atoms with E-state index in [1.54, 1.807) is 13.8 Å². The van der Waals surface area contributed by atoms with E-state index >= 15 is 0 Å². The van der Waals surface area contributed by atoms with E-state index in [-0.39, 0.29) is 47.3 Å². The molecule has 3 amide bonds. The topological polar surface area (TPSA) is 78.8 Å². The smallest absolute Gasteiger partial charge is 0.240 e. The molecule has 130 valence electrons. The van der Waals surface area contributed by atoms with Crippen LogP contribution in [0.4, 0.5) is 0 Å². The van der Waals surface area contributed by atoms with Crippen molar-refractivity contribution in [3.8, 4) is 0 Å². The monoisotopic (exact) mass is 341 g/mol. The van der Waals surface area contributed by atoms with Gasteiger partial charge in [-0.3, -0.25) is 19.3 Å². The molecule has 1 heterocycles. The van der Waals surface area contributed by atoms with Crippen LogP contribution in [0.2, 0.25) is 0 Å². The Kier molecular flexibility index (Phi) is 7.25. The van der Waals surface area contributed by atoms with E-state index in [0.29, 0.717) is 12.8 Å². The van der Waals surface area contributed by atoms with Crippen LogP contribution in [0.25, 0.3) is 0 Å². The highest BCUT2D eigenvalue weighted by Crippen LogP contribution is 2.29. The van der Waals surface area contributed by atoms with Crippen LogP contribution in [0.3, 0.4) is 0 Å². The SMILES string of the molecule is CC(C)=NNC(=O)CC(C)CC(C)N1C(=O)CC(C(C)S)C1=O. The second kappa shape index (κ2) is 8.47. The lowest BCUT2D eigenvalue weighted by Crippen LogP contribution is -2.40. The third-order valence-electron chi connectivity index (χ3n) is 3.92. The summed E-state index contributed by atoms with van der Waals surface area (Å²) in [5, 5.41) is 3.74. The molecule has 0 aromatic heterocycles. The predicted molar refractivity (Wildman–Crippen MR) is 93.2 cm³/mol. The fourth-order valence-electron chi connectivity index (χ4n) is 2.82. The van der Waals surface area contributed by atoms with E-state index in [1.807, 2.05) is 20.8 Å². The van der Waals surface area contributed by atoms with Gasteiger partial charge in [-0.05, 0) is 33.1 Å². The van der Waals surface area contributed by atoms with E-state index in [2.05, 4.69) is 23.2 Å². The molecule has 4 unspecified atom stereocenters. The van der Waals surface area contributed by atoms with Gasteiger partial charge in [-0.2, -0.15) is 17.7 Å². The summed E-state index contributed by atoms with van der Waals surface area (Å²) in [4.78, 5) is 37.5. The molecule has 0 bridgehead atoms. The lowest BCUT2D eigenvalue weighted by Gasteiger charge is -2.26. The molecule has 7 heteroatoms.